The monoisotopic (exact) mass is 400 g/mol. The third-order valence-electron chi connectivity index (χ3n) is 5.51. The van der Waals surface area contributed by atoms with Gasteiger partial charge in [0.15, 0.2) is 6.10 Å². The van der Waals surface area contributed by atoms with Crippen molar-refractivity contribution >= 4 is 17.5 Å². The van der Waals surface area contributed by atoms with Gasteiger partial charge in [-0.1, -0.05) is 48.5 Å². The van der Waals surface area contributed by atoms with Crippen molar-refractivity contribution < 1.29 is 14.3 Å². The number of rotatable bonds is 5. The summed E-state index contributed by atoms with van der Waals surface area (Å²) in [5.41, 5.74) is 3.29. The number of likely N-dealkylation sites (N-methyl/N-ethyl adjacent to an activating group) is 1. The molecule has 0 saturated carbocycles. The van der Waals surface area contributed by atoms with Gasteiger partial charge in [-0.25, -0.2) is 0 Å². The highest BCUT2D eigenvalue weighted by atomic mass is 16.5. The zero-order chi connectivity index (χ0) is 21.1. The van der Waals surface area contributed by atoms with Crippen molar-refractivity contribution in [3.8, 4) is 5.75 Å². The number of ether oxygens (including phenoxy) is 1. The summed E-state index contributed by atoms with van der Waals surface area (Å²) in [4.78, 5) is 27.1. The van der Waals surface area contributed by atoms with Crippen molar-refractivity contribution in [2.24, 2.45) is 0 Å². The SMILES string of the molecule is C[C@H](c1cccc(NC(=O)c2ccccc2)c1)N(C)C(=O)[C@H]1Cc2ccccc2O1. The first-order valence-corrected chi connectivity index (χ1v) is 10.0. The first-order valence-electron chi connectivity index (χ1n) is 10.0. The maximum absolute atomic E-state index is 13.0. The van der Waals surface area contributed by atoms with E-state index in [1.165, 1.54) is 0 Å². The number of benzene rings is 3. The lowest BCUT2D eigenvalue weighted by Gasteiger charge is -2.28. The van der Waals surface area contributed by atoms with E-state index in [4.69, 9.17) is 4.74 Å². The number of anilines is 1. The molecule has 0 saturated heterocycles. The summed E-state index contributed by atoms with van der Waals surface area (Å²) >= 11 is 0. The van der Waals surface area contributed by atoms with Crippen LogP contribution in [-0.4, -0.2) is 29.9 Å². The average Bonchev–Trinajstić information content (AvgIpc) is 3.22. The topological polar surface area (TPSA) is 58.6 Å². The van der Waals surface area contributed by atoms with Gasteiger partial charge in [0.05, 0.1) is 6.04 Å². The molecule has 1 heterocycles. The molecule has 1 N–H and O–H groups in total. The van der Waals surface area contributed by atoms with E-state index in [0.717, 1.165) is 16.9 Å². The van der Waals surface area contributed by atoms with Crippen LogP contribution in [0.25, 0.3) is 0 Å². The van der Waals surface area contributed by atoms with Gasteiger partial charge in [-0.2, -0.15) is 0 Å². The Morgan fingerprint density at radius 1 is 1.00 bits per heavy atom. The molecule has 0 aromatic heterocycles. The lowest BCUT2D eigenvalue weighted by molar-refractivity contribution is -0.138. The molecule has 2 atom stereocenters. The van der Waals surface area contributed by atoms with Crippen molar-refractivity contribution in [2.45, 2.75) is 25.5 Å². The number of amides is 2. The molecular formula is C25H24N2O3. The quantitative estimate of drug-likeness (QED) is 0.688. The predicted molar refractivity (Wildman–Crippen MR) is 117 cm³/mol. The second-order valence-corrected chi connectivity index (χ2v) is 7.49. The van der Waals surface area contributed by atoms with Gasteiger partial charge in [-0.05, 0) is 48.4 Å². The molecule has 0 spiro atoms. The van der Waals surface area contributed by atoms with E-state index < -0.39 is 6.10 Å². The Kier molecular flexibility index (Phi) is 5.53. The normalized spacial score (nSPS) is 15.6. The Balaban J connectivity index is 1.44. The van der Waals surface area contributed by atoms with Crippen molar-refractivity contribution in [2.75, 3.05) is 12.4 Å². The molecule has 3 aromatic rings. The Morgan fingerprint density at radius 2 is 1.73 bits per heavy atom. The summed E-state index contributed by atoms with van der Waals surface area (Å²) in [6, 6.07) is 24.2. The number of carbonyl (C=O) groups is 2. The van der Waals surface area contributed by atoms with E-state index in [-0.39, 0.29) is 17.9 Å². The number of para-hydroxylation sites is 1. The number of hydrogen-bond acceptors (Lipinski definition) is 3. The lowest BCUT2D eigenvalue weighted by Crippen LogP contribution is -2.40. The number of hydrogen-bond donors (Lipinski definition) is 1. The highest BCUT2D eigenvalue weighted by molar-refractivity contribution is 6.04. The number of nitrogens with zero attached hydrogens (tertiary/aromatic N) is 1. The fourth-order valence-electron chi connectivity index (χ4n) is 3.63. The van der Waals surface area contributed by atoms with E-state index in [9.17, 15) is 9.59 Å². The second-order valence-electron chi connectivity index (χ2n) is 7.49. The van der Waals surface area contributed by atoms with Crippen LogP contribution >= 0.6 is 0 Å². The molecule has 5 nitrogen and oxygen atoms in total. The van der Waals surface area contributed by atoms with Crippen LogP contribution in [-0.2, 0) is 11.2 Å². The van der Waals surface area contributed by atoms with Crippen molar-refractivity contribution in [1.29, 1.82) is 0 Å². The van der Waals surface area contributed by atoms with Crippen LogP contribution in [0.1, 0.15) is 34.5 Å². The summed E-state index contributed by atoms with van der Waals surface area (Å²) in [5.74, 6) is 0.557. The Labute approximate surface area is 176 Å². The zero-order valence-corrected chi connectivity index (χ0v) is 17.0. The second kappa shape index (κ2) is 8.41. The molecule has 1 aliphatic rings. The van der Waals surface area contributed by atoms with E-state index >= 15 is 0 Å². The maximum atomic E-state index is 13.0. The number of nitrogens with one attached hydrogen (secondary N) is 1. The third kappa shape index (κ3) is 4.06. The van der Waals surface area contributed by atoms with Crippen LogP contribution in [0, 0.1) is 0 Å². The van der Waals surface area contributed by atoms with E-state index in [0.29, 0.717) is 17.7 Å². The first kappa shape index (κ1) is 19.7. The highest BCUT2D eigenvalue weighted by Crippen LogP contribution is 2.30. The van der Waals surface area contributed by atoms with Gasteiger partial charge < -0.3 is 15.0 Å². The smallest absolute Gasteiger partial charge is 0.264 e. The molecule has 0 fully saturated rings. The maximum Gasteiger partial charge on any atom is 0.264 e. The highest BCUT2D eigenvalue weighted by Gasteiger charge is 2.32. The number of carbonyl (C=O) groups excluding carboxylic acids is 2. The molecule has 3 aromatic carbocycles. The van der Waals surface area contributed by atoms with Gasteiger partial charge in [0.2, 0.25) is 0 Å². The minimum absolute atomic E-state index is 0.0579. The molecular weight excluding hydrogens is 376 g/mol. The van der Waals surface area contributed by atoms with E-state index in [2.05, 4.69) is 5.32 Å². The molecule has 0 aliphatic carbocycles. The van der Waals surface area contributed by atoms with Gasteiger partial charge in [-0.15, -0.1) is 0 Å². The largest absolute Gasteiger partial charge is 0.480 e. The van der Waals surface area contributed by atoms with Crippen LogP contribution in [0.4, 0.5) is 5.69 Å². The fourth-order valence-corrected chi connectivity index (χ4v) is 3.63. The number of fused-ring (bicyclic) bond motifs is 1. The van der Waals surface area contributed by atoms with Crippen LogP contribution in [0.15, 0.2) is 78.9 Å². The van der Waals surface area contributed by atoms with Crippen LogP contribution in [0.2, 0.25) is 0 Å². The zero-order valence-electron chi connectivity index (χ0n) is 17.0. The molecule has 30 heavy (non-hydrogen) atoms. The average molecular weight is 400 g/mol. The first-order chi connectivity index (χ1) is 14.5. The summed E-state index contributed by atoms with van der Waals surface area (Å²) in [7, 11) is 1.79. The molecule has 5 heteroatoms. The Morgan fingerprint density at radius 3 is 2.50 bits per heavy atom. The van der Waals surface area contributed by atoms with Crippen LogP contribution in [0.5, 0.6) is 5.75 Å². The molecule has 0 unspecified atom stereocenters. The van der Waals surface area contributed by atoms with Gasteiger partial charge in [0, 0.05) is 24.7 Å². The molecule has 0 bridgehead atoms. The van der Waals surface area contributed by atoms with Crippen LogP contribution < -0.4 is 10.1 Å². The van der Waals surface area contributed by atoms with Crippen molar-refractivity contribution in [1.82, 2.24) is 4.90 Å². The minimum atomic E-state index is -0.504. The molecule has 152 valence electrons. The van der Waals surface area contributed by atoms with Gasteiger partial charge in [0.25, 0.3) is 11.8 Å². The van der Waals surface area contributed by atoms with Gasteiger partial charge in [0.1, 0.15) is 5.75 Å². The Hall–Kier alpha value is -3.60. The van der Waals surface area contributed by atoms with E-state index in [1.807, 2.05) is 73.7 Å². The standard InChI is InChI=1S/C25H24N2O3/c1-17(27(2)25(29)23-16-20-11-6-7-14-22(20)30-23)19-12-8-13-21(15-19)26-24(28)18-9-4-3-5-10-18/h3-15,17,23H,16H2,1-2H3,(H,26,28)/t17-,23-/m1/s1. The molecule has 0 radical (unpaired) electrons. The van der Waals surface area contributed by atoms with E-state index in [1.54, 1.807) is 24.1 Å². The minimum Gasteiger partial charge on any atom is -0.480 e. The van der Waals surface area contributed by atoms with Crippen molar-refractivity contribution in [3.05, 3.63) is 95.6 Å². The van der Waals surface area contributed by atoms with Gasteiger partial charge >= 0.3 is 0 Å². The fraction of sp³-hybridized carbons (Fsp3) is 0.200. The van der Waals surface area contributed by atoms with Crippen LogP contribution in [0.3, 0.4) is 0 Å². The molecule has 1 aliphatic heterocycles. The lowest BCUT2D eigenvalue weighted by atomic mass is 10.0. The summed E-state index contributed by atoms with van der Waals surface area (Å²) in [6.45, 7) is 1.97. The van der Waals surface area contributed by atoms with Crippen molar-refractivity contribution in [3.63, 3.8) is 0 Å². The summed E-state index contributed by atoms with van der Waals surface area (Å²) < 4.78 is 5.85. The van der Waals surface area contributed by atoms with Gasteiger partial charge in [-0.3, -0.25) is 9.59 Å². The Bertz CT molecular complexity index is 1040. The third-order valence-corrected chi connectivity index (χ3v) is 5.51. The predicted octanol–water partition coefficient (Wildman–Crippen LogP) is 4.46. The molecule has 4 rings (SSSR count). The summed E-state index contributed by atoms with van der Waals surface area (Å²) in [6.07, 6.45) is 0.0787. The molecule has 2 amide bonds. The summed E-state index contributed by atoms with van der Waals surface area (Å²) in [5, 5.41) is 2.92.